The zero-order chi connectivity index (χ0) is 10.2. The fraction of sp³-hybridized carbons (Fsp3) is 1.00. The Morgan fingerprint density at radius 3 is 2.43 bits per heavy atom. The molecule has 2 saturated carbocycles. The van der Waals surface area contributed by atoms with E-state index < -0.39 is 0 Å². The van der Waals surface area contributed by atoms with Gasteiger partial charge >= 0.3 is 0 Å². The summed E-state index contributed by atoms with van der Waals surface area (Å²) in [6, 6.07) is 0.324. The Hall–Kier alpha value is -0.0800. The third kappa shape index (κ3) is 2.29. The molecule has 0 heterocycles. The average molecular weight is 196 g/mol. The Kier molecular flexibility index (Phi) is 2.85. The van der Waals surface area contributed by atoms with E-state index in [9.17, 15) is 0 Å². The molecule has 1 atom stereocenters. The molecule has 1 unspecified atom stereocenters. The first-order chi connectivity index (χ1) is 6.64. The maximum Gasteiger partial charge on any atom is 0.0188 e. The van der Waals surface area contributed by atoms with Gasteiger partial charge in [-0.25, -0.2) is 0 Å². The van der Waals surface area contributed by atoms with Crippen LogP contribution in [0.3, 0.4) is 0 Å². The minimum Gasteiger partial charge on any atom is -0.326 e. The van der Waals surface area contributed by atoms with Crippen LogP contribution in [0.15, 0.2) is 0 Å². The van der Waals surface area contributed by atoms with Crippen LogP contribution in [0, 0.1) is 17.3 Å². The van der Waals surface area contributed by atoms with E-state index in [4.69, 9.17) is 5.73 Å². The highest BCUT2D eigenvalue weighted by Gasteiger charge is 2.53. The molecule has 2 heteroatoms. The van der Waals surface area contributed by atoms with Crippen LogP contribution >= 0.6 is 0 Å². The lowest BCUT2D eigenvalue weighted by molar-refractivity contribution is 0.377. The minimum absolute atomic E-state index is 0.324. The van der Waals surface area contributed by atoms with Gasteiger partial charge in [-0.05, 0) is 42.9 Å². The van der Waals surface area contributed by atoms with Crippen LogP contribution in [0.2, 0.25) is 0 Å². The average Bonchev–Trinajstić information content (AvgIpc) is 2.98. The van der Waals surface area contributed by atoms with Gasteiger partial charge in [0.15, 0.2) is 0 Å². The highest BCUT2D eigenvalue weighted by Crippen LogP contribution is 2.60. The van der Waals surface area contributed by atoms with Gasteiger partial charge in [0.25, 0.3) is 0 Å². The van der Waals surface area contributed by atoms with Gasteiger partial charge < -0.3 is 11.1 Å². The predicted octanol–water partition coefficient (Wildman–Crippen LogP) is 1.75. The third-order valence-corrected chi connectivity index (χ3v) is 4.05. The van der Waals surface area contributed by atoms with Crippen molar-refractivity contribution in [2.24, 2.45) is 23.0 Å². The van der Waals surface area contributed by atoms with E-state index in [2.05, 4.69) is 19.2 Å². The topological polar surface area (TPSA) is 38.0 Å². The molecule has 0 aromatic rings. The number of nitrogens with two attached hydrogens (primary N) is 1. The number of hydrogen-bond acceptors (Lipinski definition) is 2. The summed E-state index contributed by atoms with van der Waals surface area (Å²) in [5.41, 5.74) is 6.71. The van der Waals surface area contributed by atoms with Gasteiger partial charge in [0, 0.05) is 19.1 Å². The lowest BCUT2D eigenvalue weighted by atomic mass is 10.00. The summed E-state index contributed by atoms with van der Waals surface area (Å²) in [4.78, 5) is 0. The Balaban J connectivity index is 1.63. The van der Waals surface area contributed by atoms with E-state index in [1.54, 1.807) is 0 Å². The summed E-state index contributed by atoms with van der Waals surface area (Å²) in [6.07, 6.45) is 5.89. The quantitative estimate of drug-likeness (QED) is 0.679. The van der Waals surface area contributed by atoms with Crippen molar-refractivity contribution in [1.29, 1.82) is 0 Å². The van der Waals surface area contributed by atoms with Crippen LogP contribution in [-0.4, -0.2) is 19.1 Å². The molecule has 0 amide bonds. The molecule has 2 nitrogen and oxygen atoms in total. The molecule has 82 valence electrons. The van der Waals surface area contributed by atoms with Gasteiger partial charge in [-0.1, -0.05) is 13.8 Å². The maximum absolute atomic E-state index is 6.00. The summed E-state index contributed by atoms with van der Waals surface area (Å²) < 4.78 is 0. The molecule has 0 aromatic heterocycles. The molecule has 2 aliphatic rings. The molecule has 0 spiro atoms. The fourth-order valence-electron chi connectivity index (χ4n) is 2.31. The van der Waals surface area contributed by atoms with Gasteiger partial charge in [0.05, 0.1) is 0 Å². The van der Waals surface area contributed by atoms with E-state index in [0.717, 1.165) is 17.9 Å². The Bertz CT molecular complexity index is 192. The normalized spacial score (nSPS) is 26.6. The standard InChI is InChI=1S/C12H24N2/c1-9(2)11(13)7-14-8-12(5-6-12)10-3-4-10/h9-11,14H,3-8,13H2,1-2H3. The van der Waals surface area contributed by atoms with E-state index in [1.165, 1.54) is 32.2 Å². The highest BCUT2D eigenvalue weighted by molar-refractivity contribution is 5.05. The first-order valence-corrected chi connectivity index (χ1v) is 6.10. The summed E-state index contributed by atoms with van der Waals surface area (Å²) >= 11 is 0. The Morgan fingerprint density at radius 1 is 1.36 bits per heavy atom. The predicted molar refractivity (Wildman–Crippen MR) is 60.1 cm³/mol. The highest BCUT2D eigenvalue weighted by atomic mass is 14.9. The molecular formula is C12H24N2. The summed E-state index contributed by atoms with van der Waals surface area (Å²) in [6.45, 7) is 6.60. The van der Waals surface area contributed by atoms with Crippen LogP contribution in [0.25, 0.3) is 0 Å². The number of hydrogen-bond donors (Lipinski definition) is 2. The molecule has 0 aromatic carbocycles. The lowest BCUT2D eigenvalue weighted by Crippen LogP contribution is -2.40. The van der Waals surface area contributed by atoms with Gasteiger partial charge in [-0.15, -0.1) is 0 Å². The number of rotatable bonds is 6. The van der Waals surface area contributed by atoms with Crippen molar-refractivity contribution in [3.8, 4) is 0 Å². The Labute approximate surface area is 87.6 Å². The van der Waals surface area contributed by atoms with Crippen molar-refractivity contribution in [1.82, 2.24) is 5.32 Å². The molecule has 3 N–H and O–H groups in total. The van der Waals surface area contributed by atoms with Crippen molar-refractivity contribution < 1.29 is 0 Å². The zero-order valence-electron chi connectivity index (χ0n) is 9.55. The SMILES string of the molecule is CC(C)C(N)CNCC1(C2CC2)CC1. The molecule has 14 heavy (non-hydrogen) atoms. The van der Waals surface area contributed by atoms with Gasteiger partial charge in [-0.2, -0.15) is 0 Å². The van der Waals surface area contributed by atoms with Gasteiger partial charge in [0.2, 0.25) is 0 Å². The van der Waals surface area contributed by atoms with Crippen LogP contribution in [0.4, 0.5) is 0 Å². The smallest absolute Gasteiger partial charge is 0.0188 e. The monoisotopic (exact) mass is 196 g/mol. The second-order valence-corrected chi connectivity index (χ2v) is 5.68. The molecule has 0 radical (unpaired) electrons. The van der Waals surface area contributed by atoms with E-state index in [0.29, 0.717) is 12.0 Å². The van der Waals surface area contributed by atoms with Crippen molar-refractivity contribution >= 4 is 0 Å². The third-order valence-electron chi connectivity index (χ3n) is 4.05. The second-order valence-electron chi connectivity index (χ2n) is 5.68. The fourth-order valence-corrected chi connectivity index (χ4v) is 2.31. The molecule has 0 aliphatic heterocycles. The second kappa shape index (κ2) is 3.82. The van der Waals surface area contributed by atoms with E-state index in [1.807, 2.05) is 0 Å². The van der Waals surface area contributed by atoms with Crippen LogP contribution in [0.1, 0.15) is 39.5 Å². The molecule has 0 saturated heterocycles. The van der Waals surface area contributed by atoms with Crippen molar-refractivity contribution in [2.45, 2.75) is 45.6 Å². The van der Waals surface area contributed by atoms with E-state index in [-0.39, 0.29) is 0 Å². The van der Waals surface area contributed by atoms with Crippen LogP contribution in [0.5, 0.6) is 0 Å². The van der Waals surface area contributed by atoms with Crippen molar-refractivity contribution in [2.75, 3.05) is 13.1 Å². The number of nitrogens with one attached hydrogen (secondary N) is 1. The molecule has 2 fully saturated rings. The molecule has 2 rings (SSSR count). The maximum atomic E-state index is 6.00. The summed E-state index contributed by atoms with van der Waals surface area (Å²) in [5.74, 6) is 1.66. The first kappa shape index (κ1) is 10.4. The lowest BCUT2D eigenvalue weighted by Gasteiger charge is -2.19. The largest absolute Gasteiger partial charge is 0.326 e. The molecule has 0 bridgehead atoms. The van der Waals surface area contributed by atoms with Crippen LogP contribution < -0.4 is 11.1 Å². The van der Waals surface area contributed by atoms with Crippen molar-refractivity contribution in [3.63, 3.8) is 0 Å². The van der Waals surface area contributed by atoms with E-state index >= 15 is 0 Å². The summed E-state index contributed by atoms with van der Waals surface area (Å²) in [5, 5.41) is 3.57. The van der Waals surface area contributed by atoms with Gasteiger partial charge in [-0.3, -0.25) is 0 Å². The minimum atomic E-state index is 0.324. The van der Waals surface area contributed by atoms with Crippen molar-refractivity contribution in [3.05, 3.63) is 0 Å². The van der Waals surface area contributed by atoms with Crippen LogP contribution in [-0.2, 0) is 0 Å². The van der Waals surface area contributed by atoms with Gasteiger partial charge in [0.1, 0.15) is 0 Å². The summed E-state index contributed by atoms with van der Waals surface area (Å²) in [7, 11) is 0. The molecular weight excluding hydrogens is 172 g/mol. The zero-order valence-corrected chi connectivity index (χ0v) is 9.55. The Morgan fingerprint density at radius 2 is 2.00 bits per heavy atom. The first-order valence-electron chi connectivity index (χ1n) is 6.10. The molecule has 2 aliphatic carbocycles.